The van der Waals surface area contributed by atoms with Crippen LogP contribution in [0.2, 0.25) is 0 Å². The number of nitrogens with two attached hydrogens (primary N) is 1. The van der Waals surface area contributed by atoms with Gasteiger partial charge in [0.05, 0.1) is 5.69 Å². The molecule has 3 nitrogen and oxygen atoms in total. The molecule has 1 atom stereocenters. The van der Waals surface area contributed by atoms with Crippen molar-refractivity contribution in [1.29, 1.82) is 0 Å². The smallest absolute Gasteiger partial charge is 0.102 e. The van der Waals surface area contributed by atoms with Gasteiger partial charge in [0.2, 0.25) is 0 Å². The fourth-order valence-corrected chi connectivity index (χ4v) is 3.35. The van der Waals surface area contributed by atoms with Crippen LogP contribution in [0.4, 0.5) is 0 Å². The molecular weight excluding hydrogens is 334 g/mol. The molecule has 0 fully saturated rings. The van der Waals surface area contributed by atoms with E-state index in [1.807, 2.05) is 11.7 Å². The molecule has 0 aliphatic rings. The number of aryl methyl sites for hydroxylation is 2. The Bertz CT molecular complexity index is 578. The second-order valence-electron chi connectivity index (χ2n) is 4.92. The van der Waals surface area contributed by atoms with Crippen LogP contribution in [0, 0.1) is 6.92 Å². The third-order valence-corrected chi connectivity index (χ3v) is 5.05. The molecule has 5 heteroatoms. The highest BCUT2D eigenvalue weighted by Crippen LogP contribution is 2.33. The molecule has 20 heavy (non-hydrogen) atoms. The number of aromatic nitrogens is 2. The third kappa shape index (κ3) is 3.65. The average molecular weight is 354 g/mol. The molecule has 0 saturated carbocycles. The molecule has 1 heterocycles. The van der Waals surface area contributed by atoms with Crippen molar-refractivity contribution in [2.75, 3.05) is 0 Å². The van der Waals surface area contributed by atoms with Crippen LogP contribution in [0.5, 0.6) is 0 Å². The highest BCUT2D eigenvalue weighted by molar-refractivity contribution is 9.10. The first-order valence-electron chi connectivity index (χ1n) is 6.72. The van der Waals surface area contributed by atoms with Gasteiger partial charge in [0.15, 0.2) is 0 Å². The molecule has 0 saturated heterocycles. The van der Waals surface area contributed by atoms with Crippen molar-refractivity contribution in [2.45, 2.75) is 42.7 Å². The molecule has 1 unspecified atom stereocenters. The second-order valence-corrected chi connectivity index (χ2v) is 6.90. The molecule has 2 N–H and O–H groups in total. The van der Waals surface area contributed by atoms with Gasteiger partial charge in [-0.2, -0.15) is 5.10 Å². The number of rotatable bonds is 5. The summed E-state index contributed by atoms with van der Waals surface area (Å²) in [5.74, 6) is 0. The van der Waals surface area contributed by atoms with Gasteiger partial charge in [-0.3, -0.25) is 4.68 Å². The zero-order chi connectivity index (χ0) is 14.7. The Hall–Kier alpha value is -0.780. The van der Waals surface area contributed by atoms with Gasteiger partial charge in [0.25, 0.3) is 0 Å². The fourth-order valence-electron chi connectivity index (χ4n) is 2.06. The number of hydrogen-bond donors (Lipinski definition) is 1. The van der Waals surface area contributed by atoms with E-state index in [9.17, 15) is 0 Å². The largest absolute Gasteiger partial charge is 0.327 e. The van der Waals surface area contributed by atoms with E-state index in [1.165, 1.54) is 15.5 Å². The van der Waals surface area contributed by atoms with E-state index < -0.39 is 0 Å². The van der Waals surface area contributed by atoms with Crippen molar-refractivity contribution in [3.8, 4) is 0 Å². The first-order chi connectivity index (χ1) is 9.51. The van der Waals surface area contributed by atoms with E-state index >= 15 is 0 Å². The van der Waals surface area contributed by atoms with E-state index in [0.29, 0.717) is 0 Å². The first-order valence-corrected chi connectivity index (χ1v) is 8.33. The number of hydrogen-bond acceptors (Lipinski definition) is 3. The van der Waals surface area contributed by atoms with E-state index in [4.69, 9.17) is 5.73 Å². The molecule has 0 spiro atoms. The fraction of sp³-hybridized carbons (Fsp3) is 0.400. The van der Waals surface area contributed by atoms with Crippen molar-refractivity contribution >= 4 is 27.7 Å². The maximum Gasteiger partial charge on any atom is 0.102 e. The summed E-state index contributed by atoms with van der Waals surface area (Å²) in [6, 6.07) is 8.54. The van der Waals surface area contributed by atoms with Gasteiger partial charge >= 0.3 is 0 Å². The number of nitrogens with zero attached hydrogens (tertiary/aromatic N) is 2. The molecule has 0 bridgehead atoms. The van der Waals surface area contributed by atoms with Crippen LogP contribution in [0.15, 0.2) is 38.7 Å². The van der Waals surface area contributed by atoms with Crippen molar-refractivity contribution < 1.29 is 0 Å². The van der Waals surface area contributed by atoms with E-state index in [0.717, 1.165) is 23.0 Å². The first kappa shape index (κ1) is 15.6. The molecule has 0 radical (unpaired) electrons. The van der Waals surface area contributed by atoms with Gasteiger partial charge in [-0.15, -0.1) is 0 Å². The predicted octanol–water partition coefficient (Wildman–Crippen LogP) is 3.92. The van der Waals surface area contributed by atoms with Gasteiger partial charge in [0, 0.05) is 28.0 Å². The quantitative estimate of drug-likeness (QED) is 0.885. The molecule has 0 aliphatic heterocycles. The normalized spacial score (nSPS) is 12.7. The molecule has 2 aromatic rings. The Balaban J connectivity index is 2.28. The van der Waals surface area contributed by atoms with Gasteiger partial charge < -0.3 is 5.73 Å². The van der Waals surface area contributed by atoms with Crippen LogP contribution in [0.1, 0.15) is 24.6 Å². The SMILES string of the molecule is CCC(N)Cc1c(C)nn(C)c1Sc1ccc(Br)cc1. The molecule has 1 aromatic carbocycles. The molecular formula is C15H20BrN3S. The molecule has 2 rings (SSSR count). The summed E-state index contributed by atoms with van der Waals surface area (Å²) in [4.78, 5) is 1.21. The lowest BCUT2D eigenvalue weighted by atomic mass is 10.1. The lowest BCUT2D eigenvalue weighted by Crippen LogP contribution is -2.21. The lowest BCUT2D eigenvalue weighted by Gasteiger charge is -2.11. The Morgan fingerprint density at radius 2 is 2.00 bits per heavy atom. The summed E-state index contributed by atoms with van der Waals surface area (Å²) in [6.45, 7) is 4.18. The standard InChI is InChI=1S/C15H20BrN3S/c1-4-12(17)9-14-10(2)18-19(3)15(14)20-13-7-5-11(16)6-8-13/h5-8,12H,4,9,17H2,1-3H3. The molecule has 1 aromatic heterocycles. The van der Waals surface area contributed by atoms with Crippen molar-refractivity contribution in [1.82, 2.24) is 9.78 Å². The second kappa shape index (κ2) is 6.78. The van der Waals surface area contributed by atoms with Crippen molar-refractivity contribution in [2.24, 2.45) is 12.8 Å². The zero-order valence-corrected chi connectivity index (χ0v) is 14.5. The van der Waals surface area contributed by atoms with Crippen LogP contribution < -0.4 is 5.73 Å². The molecule has 0 amide bonds. The van der Waals surface area contributed by atoms with Gasteiger partial charge in [-0.1, -0.05) is 34.6 Å². The number of benzene rings is 1. The highest BCUT2D eigenvalue weighted by atomic mass is 79.9. The average Bonchev–Trinajstić information content (AvgIpc) is 2.68. The topological polar surface area (TPSA) is 43.8 Å². The summed E-state index contributed by atoms with van der Waals surface area (Å²) in [5.41, 5.74) is 8.47. The van der Waals surface area contributed by atoms with E-state index in [1.54, 1.807) is 11.8 Å². The molecule has 0 aliphatic carbocycles. The number of halogens is 1. The zero-order valence-electron chi connectivity index (χ0n) is 12.1. The summed E-state index contributed by atoms with van der Waals surface area (Å²) >= 11 is 5.21. The minimum absolute atomic E-state index is 0.196. The predicted molar refractivity (Wildman–Crippen MR) is 88.2 cm³/mol. The van der Waals surface area contributed by atoms with E-state index in [-0.39, 0.29) is 6.04 Å². The summed E-state index contributed by atoms with van der Waals surface area (Å²) < 4.78 is 3.05. The Kier molecular flexibility index (Phi) is 5.29. The van der Waals surface area contributed by atoms with Crippen LogP contribution in [-0.2, 0) is 13.5 Å². The maximum atomic E-state index is 6.11. The van der Waals surface area contributed by atoms with Crippen LogP contribution >= 0.6 is 27.7 Å². The van der Waals surface area contributed by atoms with Crippen molar-refractivity contribution in [3.05, 3.63) is 40.0 Å². The lowest BCUT2D eigenvalue weighted by molar-refractivity contribution is 0.631. The Morgan fingerprint density at radius 3 is 2.60 bits per heavy atom. The van der Waals surface area contributed by atoms with Gasteiger partial charge in [-0.25, -0.2) is 0 Å². The van der Waals surface area contributed by atoms with Gasteiger partial charge in [-0.05, 0) is 44.0 Å². The summed E-state index contributed by atoms with van der Waals surface area (Å²) in [7, 11) is 2.00. The minimum Gasteiger partial charge on any atom is -0.327 e. The van der Waals surface area contributed by atoms with Crippen LogP contribution in [0.3, 0.4) is 0 Å². The summed E-state index contributed by atoms with van der Waals surface area (Å²) in [5, 5.41) is 5.73. The van der Waals surface area contributed by atoms with Crippen LogP contribution in [-0.4, -0.2) is 15.8 Å². The van der Waals surface area contributed by atoms with Crippen LogP contribution in [0.25, 0.3) is 0 Å². The minimum atomic E-state index is 0.196. The van der Waals surface area contributed by atoms with Crippen molar-refractivity contribution in [3.63, 3.8) is 0 Å². The highest BCUT2D eigenvalue weighted by Gasteiger charge is 2.16. The summed E-state index contributed by atoms with van der Waals surface area (Å²) in [6.07, 6.45) is 1.87. The van der Waals surface area contributed by atoms with E-state index in [2.05, 4.69) is 59.1 Å². The Labute approximate surface area is 133 Å². The van der Waals surface area contributed by atoms with Gasteiger partial charge in [0.1, 0.15) is 5.03 Å². The monoisotopic (exact) mass is 353 g/mol. The Morgan fingerprint density at radius 1 is 1.35 bits per heavy atom. The third-order valence-electron chi connectivity index (χ3n) is 3.31. The maximum absolute atomic E-state index is 6.11. The molecule has 108 valence electrons.